The molecule has 3 heterocycles. The number of imidazole rings is 1. The molecule has 1 fully saturated rings. The number of aromatic amines is 1. The second-order valence-electron chi connectivity index (χ2n) is 6.54. The van der Waals surface area contributed by atoms with Gasteiger partial charge in [0, 0.05) is 17.7 Å². The summed E-state index contributed by atoms with van der Waals surface area (Å²) in [7, 11) is 0. The minimum atomic E-state index is -4.40. The highest BCUT2D eigenvalue weighted by Crippen LogP contribution is 2.36. The molecule has 0 amide bonds. The Bertz CT molecular complexity index is 915. The zero-order valence-electron chi connectivity index (χ0n) is 14.4. The van der Waals surface area contributed by atoms with Gasteiger partial charge in [-0.1, -0.05) is 12.1 Å². The number of nitrogens with zero attached hydrogens (tertiary/aromatic N) is 3. The fraction of sp³-hybridized carbons (Fsp3) is 0.316. The largest absolute Gasteiger partial charge is 0.416 e. The monoisotopic (exact) mass is 373 g/mol. The molecule has 4 rings (SSSR count). The van der Waals surface area contributed by atoms with E-state index in [1.807, 2.05) is 0 Å². The number of nitrogens with one attached hydrogen (secondary N) is 2. The van der Waals surface area contributed by atoms with Gasteiger partial charge in [-0.15, -0.1) is 0 Å². The van der Waals surface area contributed by atoms with Crippen molar-refractivity contribution in [3.8, 4) is 22.6 Å². The lowest BCUT2D eigenvalue weighted by Gasteiger charge is -2.20. The maximum absolute atomic E-state index is 13.1. The second kappa shape index (κ2) is 7.11. The van der Waals surface area contributed by atoms with Crippen molar-refractivity contribution in [3.05, 3.63) is 54.2 Å². The number of halogens is 3. The summed E-state index contributed by atoms with van der Waals surface area (Å²) in [5.74, 6) is 1.03. The van der Waals surface area contributed by atoms with Gasteiger partial charge in [0.2, 0.25) is 0 Å². The molecule has 1 aliphatic heterocycles. The Kier molecular flexibility index (Phi) is 4.65. The number of hydrogen-bond donors (Lipinski definition) is 2. The van der Waals surface area contributed by atoms with Gasteiger partial charge in [0.1, 0.15) is 12.2 Å². The first kappa shape index (κ1) is 17.7. The number of alkyl halides is 3. The van der Waals surface area contributed by atoms with Crippen LogP contribution in [0, 0.1) is 0 Å². The Labute approximate surface area is 154 Å². The van der Waals surface area contributed by atoms with Crippen molar-refractivity contribution in [2.45, 2.75) is 24.9 Å². The van der Waals surface area contributed by atoms with Gasteiger partial charge >= 0.3 is 6.18 Å². The quantitative estimate of drug-likeness (QED) is 0.728. The highest BCUT2D eigenvalue weighted by Gasteiger charge is 2.31. The summed E-state index contributed by atoms with van der Waals surface area (Å²) >= 11 is 0. The standard InChI is InChI=1S/C19H18F3N5/c20-19(21,22)14-3-1-2-13(10-14)16-17(15-6-9-24-11-25-15)27-18(26-16)12-4-7-23-8-5-12/h1-3,6,9-12,23H,4-5,7-8H2,(H,26,27). The third kappa shape index (κ3) is 3.71. The van der Waals surface area contributed by atoms with Crippen molar-refractivity contribution in [1.29, 1.82) is 0 Å². The van der Waals surface area contributed by atoms with Gasteiger partial charge in [0.05, 0.1) is 22.6 Å². The smallest absolute Gasteiger partial charge is 0.340 e. The average molecular weight is 373 g/mol. The molecule has 0 aliphatic carbocycles. The van der Waals surface area contributed by atoms with Crippen molar-refractivity contribution in [1.82, 2.24) is 25.3 Å². The van der Waals surface area contributed by atoms with E-state index in [2.05, 4.69) is 20.3 Å². The molecule has 2 aromatic heterocycles. The SMILES string of the molecule is FC(F)(F)c1cccc(-c2nc(C3CCNCC3)[nH]c2-c2ccncn2)c1. The highest BCUT2D eigenvalue weighted by atomic mass is 19.4. The van der Waals surface area contributed by atoms with E-state index in [9.17, 15) is 13.2 Å². The van der Waals surface area contributed by atoms with Crippen molar-refractivity contribution >= 4 is 0 Å². The summed E-state index contributed by atoms with van der Waals surface area (Å²) in [6.07, 6.45) is 0.469. The van der Waals surface area contributed by atoms with Crippen LogP contribution in [-0.2, 0) is 6.18 Å². The molecule has 0 bridgehead atoms. The molecule has 3 aromatic rings. The van der Waals surface area contributed by atoms with Crippen LogP contribution in [0.5, 0.6) is 0 Å². The minimum absolute atomic E-state index is 0.242. The molecule has 0 spiro atoms. The summed E-state index contributed by atoms with van der Waals surface area (Å²) in [4.78, 5) is 16.2. The number of benzene rings is 1. The lowest BCUT2D eigenvalue weighted by Crippen LogP contribution is -2.27. The van der Waals surface area contributed by atoms with Crippen LogP contribution >= 0.6 is 0 Å². The number of aromatic nitrogens is 4. The first-order valence-corrected chi connectivity index (χ1v) is 8.77. The van der Waals surface area contributed by atoms with Crippen molar-refractivity contribution in [2.24, 2.45) is 0 Å². The van der Waals surface area contributed by atoms with Crippen LogP contribution in [0.15, 0.2) is 42.9 Å². The maximum Gasteiger partial charge on any atom is 0.416 e. The van der Waals surface area contributed by atoms with E-state index < -0.39 is 11.7 Å². The summed E-state index contributed by atoms with van der Waals surface area (Å²) in [6.45, 7) is 1.79. The zero-order valence-corrected chi connectivity index (χ0v) is 14.4. The predicted molar refractivity (Wildman–Crippen MR) is 94.9 cm³/mol. The Hall–Kier alpha value is -2.74. The van der Waals surface area contributed by atoms with Gasteiger partial charge in [0.15, 0.2) is 0 Å². The first-order chi connectivity index (χ1) is 13.0. The lowest BCUT2D eigenvalue weighted by molar-refractivity contribution is -0.137. The van der Waals surface area contributed by atoms with E-state index in [0.717, 1.165) is 43.9 Å². The van der Waals surface area contributed by atoms with Crippen LogP contribution in [0.3, 0.4) is 0 Å². The molecule has 0 radical (unpaired) electrons. The molecule has 1 aliphatic rings. The maximum atomic E-state index is 13.1. The third-order valence-corrected chi connectivity index (χ3v) is 4.75. The van der Waals surface area contributed by atoms with Crippen molar-refractivity contribution in [3.63, 3.8) is 0 Å². The summed E-state index contributed by atoms with van der Waals surface area (Å²) in [5, 5.41) is 3.31. The first-order valence-electron chi connectivity index (χ1n) is 8.77. The molecule has 27 heavy (non-hydrogen) atoms. The van der Waals surface area contributed by atoms with Gasteiger partial charge in [0.25, 0.3) is 0 Å². The van der Waals surface area contributed by atoms with Crippen LogP contribution in [0.4, 0.5) is 13.2 Å². The fourth-order valence-electron chi connectivity index (χ4n) is 3.36. The molecule has 8 heteroatoms. The average Bonchev–Trinajstić information content (AvgIpc) is 3.14. The predicted octanol–water partition coefficient (Wildman–Crippen LogP) is 4.02. The molecule has 1 aromatic carbocycles. The van der Waals surface area contributed by atoms with Crippen LogP contribution in [-0.4, -0.2) is 33.0 Å². The number of hydrogen-bond acceptors (Lipinski definition) is 4. The second-order valence-corrected chi connectivity index (χ2v) is 6.54. The van der Waals surface area contributed by atoms with Gasteiger partial charge < -0.3 is 10.3 Å². The number of rotatable bonds is 3. The van der Waals surface area contributed by atoms with Crippen LogP contribution < -0.4 is 5.32 Å². The molecular formula is C19H18F3N5. The zero-order chi connectivity index (χ0) is 18.9. The van der Waals surface area contributed by atoms with Gasteiger partial charge in [-0.05, 0) is 44.1 Å². The van der Waals surface area contributed by atoms with E-state index in [1.165, 1.54) is 12.4 Å². The minimum Gasteiger partial charge on any atom is -0.340 e. The molecule has 1 saturated heterocycles. The van der Waals surface area contributed by atoms with Gasteiger partial charge in [-0.25, -0.2) is 15.0 Å². The Morgan fingerprint density at radius 2 is 1.89 bits per heavy atom. The van der Waals surface area contributed by atoms with E-state index >= 15 is 0 Å². The summed E-state index contributed by atoms with van der Waals surface area (Å²) in [6, 6.07) is 6.96. The lowest BCUT2D eigenvalue weighted by atomic mass is 9.98. The molecule has 0 unspecified atom stereocenters. The number of piperidine rings is 1. The van der Waals surface area contributed by atoms with Gasteiger partial charge in [-0.2, -0.15) is 13.2 Å². The number of H-pyrrole nitrogens is 1. The van der Waals surface area contributed by atoms with Gasteiger partial charge in [-0.3, -0.25) is 0 Å². The molecule has 5 nitrogen and oxygen atoms in total. The Morgan fingerprint density at radius 1 is 1.07 bits per heavy atom. The van der Waals surface area contributed by atoms with E-state index in [-0.39, 0.29) is 5.92 Å². The van der Waals surface area contributed by atoms with E-state index in [4.69, 9.17) is 4.98 Å². The summed E-state index contributed by atoms with van der Waals surface area (Å²) in [5.41, 5.74) is 1.42. The molecule has 0 saturated carbocycles. The third-order valence-electron chi connectivity index (χ3n) is 4.75. The Morgan fingerprint density at radius 3 is 2.59 bits per heavy atom. The molecule has 140 valence electrons. The normalized spacial score (nSPS) is 15.8. The molecule has 0 atom stereocenters. The fourth-order valence-corrected chi connectivity index (χ4v) is 3.36. The Balaban J connectivity index is 1.82. The van der Waals surface area contributed by atoms with Crippen LogP contribution in [0.2, 0.25) is 0 Å². The summed E-state index contributed by atoms with van der Waals surface area (Å²) < 4.78 is 39.4. The highest BCUT2D eigenvalue weighted by molar-refractivity contribution is 5.77. The van der Waals surface area contributed by atoms with E-state index in [1.54, 1.807) is 18.3 Å². The van der Waals surface area contributed by atoms with E-state index in [0.29, 0.717) is 22.6 Å². The van der Waals surface area contributed by atoms with Crippen molar-refractivity contribution in [2.75, 3.05) is 13.1 Å². The van der Waals surface area contributed by atoms with Crippen LogP contribution in [0.25, 0.3) is 22.6 Å². The van der Waals surface area contributed by atoms with Crippen LogP contribution in [0.1, 0.15) is 30.1 Å². The molecule has 2 N–H and O–H groups in total. The topological polar surface area (TPSA) is 66.5 Å². The van der Waals surface area contributed by atoms with Crippen molar-refractivity contribution < 1.29 is 13.2 Å². The molecular weight excluding hydrogens is 355 g/mol.